The number of carbonyl (C=O) groups is 1. The number of anilines is 1. The average molecular weight is 280 g/mol. The van der Waals surface area contributed by atoms with E-state index in [0.717, 1.165) is 17.0 Å². The smallest absolute Gasteiger partial charge is 0.255 e. The van der Waals surface area contributed by atoms with Crippen LogP contribution in [-0.4, -0.2) is 19.2 Å². The van der Waals surface area contributed by atoms with E-state index in [4.69, 9.17) is 4.74 Å². The number of hydrogen-bond donors (Lipinski definition) is 2. The molecule has 1 heterocycles. The van der Waals surface area contributed by atoms with Crippen molar-refractivity contribution in [3.8, 4) is 5.75 Å². The lowest BCUT2D eigenvalue weighted by atomic mass is 10.1. The Bertz CT molecular complexity index is 695. The third-order valence-electron chi connectivity index (χ3n) is 3.38. The highest BCUT2D eigenvalue weighted by atomic mass is 16.5. The molecule has 0 aliphatic carbocycles. The minimum Gasteiger partial charge on any atom is -0.496 e. The van der Waals surface area contributed by atoms with Gasteiger partial charge in [-0.2, -0.15) is 0 Å². The van der Waals surface area contributed by atoms with E-state index in [0.29, 0.717) is 5.56 Å². The van der Waals surface area contributed by atoms with Crippen molar-refractivity contribution in [3.63, 3.8) is 0 Å². The summed E-state index contributed by atoms with van der Waals surface area (Å²) in [7, 11) is 1.64. The van der Waals surface area contributed by atoms with E-state index in [1.54, 1.807) is 13.2 Å². The summed E-state index contributed by atoms with van der Waals surface area (Å²) in [6.45, 7) is 0. The van der Waals surface area contributed by atoms with Gasteiger partial charge in [0.15, 0.2) is 0 Å². The molecule has 0 radical (unpaired) electrons. The maximum absolute atomic E-state index is 12.0. The molecule has 2 aromatic carbocycles. The predicted octanol–water partition coefficient (Wildman–Crippen LogP) is 2.89. The molecule has 3 rings (SSSR count). The topological polar surface area (TPSA) is 50.4 Å². The lowest BCUT2D eigenvalue weighted by Gasteiger charge is -2.25. The highest BCUT2D eigenvalue weighted by Crippen LogP contribution is 2.22. The van der Waals surface area contributed by atoms with Crippen LogP contribution in [-0.2, 0) is 0 Å². The second-order valence-corrected chi connectivity index (χ2v) is 4.74. The van der Waals surface area contributed by atoms with Crippen molar-refractivity contribution in [1.29, 1.82) is 0 Å². The van der Waals surface area contributed by atoms with Crippen LogP contribution in [0.5, 0.6) is 5.75 Å². The fraction of sp³-hybridized carbons (Fsp3) is 0.118. The largest absolute Gasteiger partial charge is 0.496 e. The quantitative estimate of drug-likeness (QED) is 0.909. The van der Waals surface area contributed by atoms with E-state index in [-0.39, 0.29) is 12.1 Å². The third-order valence-corrected chi connectivity index (χ3v) is 3.38. The number of benzene rings is 2. The second-order valence-electron chi connectivity index (χ2n) is 4.74. The minimum atomic E-state index is -0.239. The van der Waals surface area contributed by atoms with Crippen LogP contribution >= 0.6 is 0 Å². The highest BCUT2D eigenvalue weighted by molar-refractivity contribution is 6.01. The molecule has 1 aliphatic rings. The van der Waals surface area contributed by atoms with Crippen LogP contribution in [0.25, 0.3) is 6.08 Å². The summed E-state index contributed by atoms with van der Waals surface area (Å²) in [4.78, 5) is 12.0. The Balaban J connectivity index is 1.81. The van der Waals surface area contributed by atoms with E-state index in [2.05, 4.69) is 10.6 Å². The first-order valence-electron chi connectivity index (χ1n) is 6.75. The van der Waals surface area contributed by atoms with Crippen LogP contribution in [0.1, 0.15) is 15.9 Å². The molecule has 1 aliphatic heterocycles. The zero-order valence-electron chi connectivity index (χ0n) is 11.7. The molecule has 2 N–H and O–H groups in total. The number of rotatable bonds is 3. The van der Waals surface area contributed by atoms with E-state index < -0.39 is 0 Å². The molecule has 0 saturated carbocycles. The summed E-state index contributed by atoms with van der Waals surface area (Å²) in [5, 5.41) is 6.18. The third kappa shape index (κ3) is 2.74. The Kier molecular flexibility index (Phi) is 3.60. The molecule has 21 heavy (non-hydrogen) atoms. The Labute approximate surface area is 123 Å². The van der Waals surface area contributed by atoms with E-state index in [9.17, 15) is 4.79 Å². The van der Waals surface area contributed by atoms with Crippen LogP contribution in [0.15, 0.2) is 54.6 Å². The number of methoxy groups -OCH3 is 1. The first-order valence-corrected chi connectivity index (χ1v) is 6.75. The van der Waals surface area contributed by atoms with E-state index >= 15 is 0 Å². The van der Waals surface area contributed by atoms with Crippen molar-refractivity contribution in [2.75, 3.05) is 12.4 Å². The predicted molar refractivity (Wildman–Crippen MR) is 83.3 cm³/mol. The first-order chi connectivity index (χ1) is 10.3. The lowest BCUT2D eigenvalue weighted by molar-refractivity contribution is 0.0943. The maximum Gasteiger partial charge on any atom is 0.255 e. The van der Waals surface area contributed by atoms with Gasteiger partial charge in [-0.05, 0) is 24.3 Å². The summed E-state index contributed by atoms with van der Waals surface area (Å²) >= 11 is 0. The highest BCUT2D eigenvalue weighted by Gasteiger charge is 2.20. The van der Waals surface area contributed by atoms with Crippen molar-refractivity contribution >= 4 is 17.7 Å². The van der Waals surface area contributed by atoms with Gasteiger partial charge >= 0.3 is 0 Å². The van der Waals surface area contributed by atoms with Gasteiger partial charge in [-0.3, -0.25) is 4.79 Å². The van der Waals surface area contributed by atoms with Crippen LogP contribution in [0, 0.1) is 0 Å². The van der Waals surface area contributed by atoms with Crippen molar-refractivity contribution in [1.82, 2.24) is 5.32 Å². The number of carbonyl (C=O) groups excluding carboxylic acids is 1. The summed E-state index contributed by atoms with van der Waals surface area (Å²) in [6.07, 6.45) is 3.61. The molecule has 0 bridgehead atoms. The number of fused-ring (bicyclic) bond motifs is 1. The van der Waals surface area contributed by atoms with Crippen LogP contribution in [0.3, 0.4) is 0 Å². The maximum atomic E-state index is 12.0. The molecule has 0 fully saturated rings. The Morgan fingerprint density at radius 2 is 1.81 bits per heavy atom. The summed E-state index contributed by atoms with van der Waals surface area (Å²) < 4.78 is 5.30. The number of para-hydroxylation sites is 2. The van der Waals surface area contributed by atoms with Gasteiger partial charge in [0.1, 0.15) is 11.9 Å². The number of nitrogens with one attached hydrogen (secondary N) is 2. The second kappa shape index (κ2) is 5.71. The van der Waals surface area contributed by atoms with Gasteiger partial charge < -0.3 is 15.4 Å². The van der Waals surface area contributed by atoms with Gasteiger partial charge in [0.25, 0.3) is 5.91 Å². The average Bonchev–Trinajstić information content (AvgIpc) is 2.53. The lowest BCUT2D eigenvalue weighted by Crippen LogP contribution is -2.43. The molecular weight excluding hydrogens is 264 g/mol. The molecular formula is C17H16N2O2. The van der Waals surface area contributed by atoms with Crippen molar-refractivity contribution < 1.29 is 9.53 Å². The molecule has 4 nitrogen and oxygen atoms in total. The first kappa shape index (κ1) is 13.2. The molecule has 1 amide bonds. The summed E-state index contributed by atoms with van der Waals surface area (Å²) in [5.74, 6) is 0.732. The summed E-state index contributed by atoms with van der Waals surface area (Å²) in [5.41, 5.74) is 2.48. The summed E-state index contributed by atoms with van der Waals surface area (Å²) in [6, 6.07) is 15.2. The zero-order chi connectivity index (χ0) is 14.7. The number of ether oxygens (including phenoxy) is 1. The van der Waals surface area contributed by atoms with Crippen molar-refractivity contribution in [2.45, 2.75) is 6.17 Å². The van der Waals surface area contributed by atoms with Gasteiger partial charge in [0.2, 0.25) is 0 Å². The van der Waals surface area contributed by atoms with Crippen molar-refractivity contribution in [2.24, 2.45) is 0 Å². The molecule has 4 heteroatoms. The van der Waals surface area contributed by atoms with Gasteiger partial charge in [0.05, 0.1) is 12.7 Å². The SMILES string of the molecule is COc1ccccc1C=CC1NC(=O)c2ccccc2N1. The van der Waals surface area contributed by atoms with Gasteiger partial charge in [0, 0.05) is 11.3 Å². The van der Waals surface area contributed by atoms with Crippen LogP contribution < -0.4 is 15.4 Å². The van der Waals surface area contributed by atoms with Crippen LogP contribution in [0.2, 0.25) is 0 Å². The van der Waals surface area contributed by atoms with E-state index in [1.807, 2.05) is 54.6 Å². The fourth-order valence-corrected chi connectivity index (χ4v) is 2.33. The van der Waals surface area contributed by atoms with Crippen molar-refractivity contribution in [3.05, 3.63) is 65.7 Å². The molecule has 2 aromatic rings. The van der Waals surface area contributed by atoms with Gasteiger partial charge in [-0.25, -0.2) is 0 Å². The standard InChI is InChI=1S/C17H16N2O2/c1-21-15-9-5-2-6-12(15)10-11-16-18-14-8-4-3-7-13(14)17(20)19-16/h2-11,16,18H,1H3,(H,19,20). The molecule has 0 saturated heterocycles. The molecule has 106 valence electrons. The fourth-order valence-electron chi connectivity index (χ4n) is 2.33. The zero-order valence-corrected chi connectivity index (χ0v) is 11.7. The minimum absolute atomic E-state index is 0.0703. The molecule has 0 spiro atoms. The normalized spacial score (nSPS) is 17.0. The Morgan fingerprint density at radius 3 is 2.67 bits per heavy atom. The monoisotopic (exact) mass is 280 g/mol. The Hall–Kier alpha value is -2.75. The van der Waals surface area contributed by atoms with Crippen LogP contribution in [0.4, 0.5) is 5.69 Å². The number of hydrogen-bond acceptors (Lipinski definition) is 3. The van der Waals surface area contributed by atoms with Gasteiger partial charge in [-0.15, -0.1) is 0 Å². The van der Waals surface area contributed by atoms with Gasteiger partial charge in [-0.1, -0.05) is 36.4 Å². The number of amides is 1. The molecule has 1 atom stereocenters. The van der Waals surface area contributed by atoms with E-state index in [1.165, 1.54) is 0 Å². The molecule has 0 aromatic heterocycles. The Morgan fingerprint density at radius 1 is 1.05 bits per heavy atom. The molecule has 1 unspecified atom stereocenters.